The fourth-order valence-electron chi connectivity index (χ4n) is 5.19. The summed E-state index contributed by atoms with van der Waals surface area (Å²) in [5.41, 5.74) is 9.67. The molecule has 1 fully saturated rings. The van der Waals surface area contributed by atoms with Crippen LogP contribution in [0.2, 0.25) is 0 Å². The number of nitrogens with zero attached hydrogens (tertiary/aromatic N) is 1. The molecule has 0 radical (unpaired) electrons. The Hall–Kier alpha value is -2.39. The van der Waals surface area contributed by atoms with Crippen molar-refractivity contribution in [3.63, 3.8) is 0 Å². The van der Waals surface area contributed by atoms with Crippen LogP contribution in [0.4, 0.5) is 0 Å². The topological polar surface area (TPSA) is 46.3 Å². The van der Waals surface area contributed by atoms with Gasteiger partial charge in [0.25, 0.3) is 0 Å². The van der Waals surface area contributed by atoms with E-state index in [1.54, 1.807) is 0 Å². The number of carbonyl (C=O) groups excluding carboxylic acids is 1. The molecule has 2 N–H and O–H groups in total. The second-order valence-corrected chi connectivity index (χ2v) is 10.5. The minimum atomic E-state index is -0.407. The van der Waals surface area contributed by atoms with Gasteiger partial charge < -0.3 is 10.6 Å². The smallest absolute Gasteiger partial charge is 0.229 e. The average molecular weight is 447 g/mol. The molecule has 1 amide bonds. The number of hydrogen-bond donors (Lipinski definition) is 1. The maximum Gasteiger partial charge on any atom is 0.229 e. The Morgan fingerprint density at radius 3 is 2.21 bits per heavy atom. The van der Waals surface area contributed by atoms with E-state index in [1.165, 1.54) is 16.7 Å². The number of allylic oxidation sites excluding steroid dienone is 2. The SMILES string of the molecule is CCC(CC)(C/C(=C/C(C)c1ccccc1)c1ccccc1)C(=O)N1CC[C@H](N)C(C)(C)C1. The lowest BCUT2D eigenvalue weighted by atomic mass is 9.72. The zero-order chi connectivity index (χ0) is 24.1. The molecule has 1 unspecified atom stereocenters. The van der Waals surface area contributed by atoms with Crippen LogP contribution >= 0.6 is 0 Å². The highest BCUT2D eigenvalue weighted by Gasteiger charge is 2.43. The van der Waals surface area contributed by atoms with Gasteiger partial charge in [0.1, 0.15) is 0 Å². The van der Waals surface area contributed by atoms with Crippen molar-refractivity contribution >= 4 is 11.5 Å². The van der Waals surface area contributed by atoms with Gasteiger partial charge in [0.2, 0.25) is 5.91 Å². The van der Waals surface area contributed by atoms with E-state index in [0.717, 1.165) is 38.8 Å². The lowest BCUT2D eigenvalue weighted by Gasteiger charge is -2.46. The number of hydrogen-bond acceptors (Lipinski definition) is 2. The van der Waals surface area contributed by atoms with Gasteiger partial charge in [-0.05, 0) is 53.7 Å². The first kappa shape index (κ1) is 25.2. The summed E-state index contributed by atoms with van der Waals surface area (Å²) in [6.45, 7) is 12.5. The zero-order valence-electron chi connectivity index (χ0n) is 21.2. The molecule has 0 aliphatic carbocycles. The van der Waals surface area contributed by atoms with E-state index >= 15 is 0 Å². The van der Waals surface area contributed by atoms with Crippen molar-refractivity contribution in [3.8, 4) is 0 Å². The Bertz CT molecular complexity index is 928. The zero-order valence-corrected chi connectivity index (χ0v) is 21.2. The third-order valence-electron chi connectivity index (χ3n) is 7.86. The molecule has 33 heavy (non-hydrogen) atoms. The normalized spacial score (nSPS) is 19.9. The predicted molar refractivity (Wildman–Crippen MR) is 140 cm³/mol. The number of carbonyl (C=O) groups is 1. The summed E-state index contributed by atoms with van der Waals surface area (Å²) in [5, 5.41) is 0. The van der Waals surface area contributed by atoms with Crippen LogP contribution in [0, 0.1) is 10.8 Å². The first-order chi connectivity index (χ1) is 15.7. The largest absolute Gasteiger partial charge is 0.342 e. The molecule has 1 aliphatic heterocycles. The van der Waals surface area contributed by atoms with Crippen molar-refractivity contribution in [2.75, 3.05) is 13.1 Å². The monoisotopic (exact) mass is 446 g/mol. The summed E-state index contributed by atoms with van der Waals surface area (Å²) in [6, 6.07) is 21.3. The van der Waals surface area contributed by atoms with E-state index in [1.807, 2.05) is 0 Å². The van der Waals surface area contributed by atoms with Crippen molar-refractivity contribution in [1.29, 1.82) is 0 Å². The van der Waals surface area contributed by atoms with Gasteiger partial charge in [-0.25, -0.2) is 0 Å². The van der Waals surface area contributed by atoms with Crippen molar-refractivity contribution in [2.24, 2.45) is 16.6 Å². The Morgan fingerprint density at radius 1 is 1.09 bits per heavy atom. The first-order valence-corrected chi connectivity index (χ1v) is 12.6. The maximum atomic E-state index is 14.1. The quantitative estimate of drug-likeness (QED) is 0.493. The van der Waals surface area contributed by atoms with Crippen LogP contribution < -0.4 is 5.73 Å². The highest BCUT2D eigenvalue weighted by atomic mass is 16.2. The number of nitrogens with two attached hydrogens (primary N) is 1. The van der Waals surface area contributed by atoms with Gasteiger partial charge in [0.05, 0.1) is 5.41 Å². The molecule has 1 aliphatic rings. The Labute approximate surface area is 201 Å². The Morgan fingerprint density at radius 2 is 1.67 bits per heavy atom. The third-order valence-corrected chi connectivity index (χ3v) is 7.86. The van der Waals surface area contributed by atoms with Crippen LogP contribution in [0.15, 0.2) is 66.7 Å². The number of likely N-dealkylation sites (tertiary alicyclic amines) is 1. The fourth-order valence-corrected chi connectivity index (χ4v) is 5.19. The molecule has 0 spiro atoms. The molecule has 1 heterocycles. The summed E-state index contributed by atoms with van der Waals surface area (Å²) >= 11 is 0. The van der Waals surface area contributed by atoms with Crippen LogP contribution in [-0.2, 0) is 4.79 Å². The van der Waals surface area contributed by atoms with Crippen LogP contribution in [0.3, 0.4) is 0 Å². The van der Waals surface area contributed by atoms with Gasteiger partial charge in [-0.15, -0.1) is 0 Å². The third kappa shape index (κ3) is 5.76. The Balaban J connectivity index is 1.96. The molecule has 0 saturated carbocycles. The van der Waals surface area contributed by atoms with Gasteiger partial charge in [-0.2, -0.15) is 0 Å². The second kappa shape index (κ2) is 10.7. The molecule has 0 bridgehead atoms. The van der Waals surface area contributed by atoms with E-state index in [9.17, 15) is 4.79 Å². The second-order valence-electron chi connectivity index (χ2n) is 10.5. The van der Waals surface area contributed by atoms with E-state index in [0.29, 0.717) is 5.91 Å². The van der Waals surface area contributed by atoms with E-state index in [4.69, 9.17) is 5.73 Å². The van der Waals surface area contributed by atoms with Crippen LogP contribution in [0.5, 0.6) is 0 Å². The molecule has 3 nitrogen and oxygen atoms in total. The summed E-state index contributed by atoms with van der Waals surface area (Å²) in [6.07, 6.45) is 5.65. The number of benzene rings is 2. The van der Waals surface area contributed by atoms with Gasteiger partial charge in [0.15, 0.2) is 0 Å². The summed E-state index contributed by atoms with van der Waals surface area (Å²) < 4.78 is 0. The van der Waals surface area contributed by atoms with E-state index < -0.39 is 5.41 Å². The molecule has 3 rings (SSSR count). The molecule has 178 valence electrons. The molecule has 2 aromatic rings. The molecular formula is C30H42N2O. The molecule has 2 aromatic carbocycles. The van der Waals surface area contributed by atoms with Gasteiger partial charge in [-0.1, -0.05) is 101 Å². The number of piperidine rings is 1. The summed E-state index contributed by atoms with van der Waals surface area (Å²) in [5.74, 6) is 0.566. The average Bonchev–Trinajstić information content (AvgIpc) is 2.84. The van der Waals surface area contributed by atoms with E-state index in [2.05, 4.69) is 106 Å². The van der Waals surface area contributed by atoms with Crippen molar-refractivity contribution in [2.45, 2.75) is 72.3 Å². The Kier molecular flexibility index (Phi) is 8.18. The summed E-state index contributed by atoms with van der Waals surface area (Å²) in [4.78, 5) is 16.2. The maximum absolute atomic E-state index is 14.1. The van der Waals surface area contributed by atoms with Crippen LogP contribution in [0.25, 0.3) is 5.57 Å². The van der Waals surface area contributed by atoms with Crippen LogP contribution in [0.1, 0.15) is 77.3 Å². The lowest BCUT2D eigenvalue weighted by Crippen LogP contribution is -2.56. The fraction of sp³-hybridized carbons (Fsp3) is 0.500. The van der Waals surface area contributed by atoms with Gasteiger partial charge in [-0.3, -0.25) is 4.79 Å². The van der Waals surface area contributed by atoms with Crippen molar-refractivity contribution < 1.29 is 4.79 Å². The van der Waals surface area contributed by atoms with Crippen molar-refractivity contribution in [3.05, 3.63) is 77.9 Å². The summed E-state index contributed by atoms with van der Waals surface area (Å²) in [7, 11) is 0. The lowest BCUT2D eigenvalue weighted by molar-refractivity contribution is -0.146. The minimum Gasteiger partial charge on any atom is -0.342 e. The predicted octanol–water partition coefficient (Wildman–Crippen LogP) is 6.66. The molecule has 2 atom stereocenters. The minimum absolute atomic E-state index is 0.0545. The number of rotatable bonds is 8. The molecule has 1 saturated heterocycles. The number of amides is 1. The first-order valence-electron chi connectivity index (χ1n) is 12.6. The van der Waals surface area contributed by atoms with Crippen molar-refractivity contribution in [1.82, 2.24) is 4.90 Å². The molecular weight excluding hydrogens is 404 g/mol. The van der Waals surface area contributed by atoms with Gasteiger partial charge in [0, 0.05) is 19.1 Å². The molecule has 0 aromatic heterocycles. The van der Waals surface area contributed by atoms with Crippen LogP contribution in [-0.4, -0.2) is 29.9 Å². The standard InChI is InChI=1S/C30H42N2O/c1-6-30(7-2,28(33)32-19-18-27(31)29(4,5)22-32)21-26(25-16-12-9-13-17-25)20-23(3)24-14-10-8-11-15-24/h8-17,20,23,27H,6-7,18-19,21-22,31H2,1-5H3/b26-20-/t23?,27-/m0/s1. The van der Waals surface area contributed by atoms with Gasteiger partial charge >= 0.3 is 0 Å². The molecule has 3 heteroatoms. The highest BCUT2D eigenvalue weighted by molar-refractivity contribution is 5.85. The van der Waals surface area contributed by atoms with E-state index in [-0.39, 0.29) is 17.4 Å². The highest BCUT2D eigenvalue weighted by Crippen LogP contribution is 2.42.